The molecule has 0 unspecified atom stereocenters. The number of piperidine rings is 2. The van der Waals surface area contributed by atoms with E-state index in [1.807, 2.05) is 15.9 Å². The highest BCUT2D eigenvalue weighted by Crippen LogP contribution is 2.39. The Bertz CT molecular complexity index is 2590. The van der Waals surface area contributed by atoms with Crippen LogP contribution >= 0.6 is 46.4 Å². The third-order valence-corrected chi connectivity index (χ3v) is 16.3. The lowest BCUT2D eigenvalue weighted by molar-refractivity contribution is 0.0774. The monoisotopic (exact) mass is 998 g/mol. The number of rotatable bonds is 10. The topological polar surface area (TPSA) is 47.1 Å². The second kappa shape index (κ2) is 23.5. The molecular formula is C59H62Cl4N4O2. The van der Waals surface area contributed by atoms with Gasteiger partial charge in [-0.15, -0.1) is 0 Å². The van der Waals surface area contributed by atoms with Crippen molar-refractivity contribution in [3.63, 3.8) is 0 Å². The van der Waals surface area contributed by atoms with E-state index >= 15 is 0 Å². The van der Waals surface area contributed by atoms with E-state index in [0.717, 1.165) is 58.8 Å². The molecule has 0 bridgehead atoms. The van der Waals surface area contributed by atoms with E-state index in [1.165, 1.54) is 47.9 Å². The molecule has 5 aliphatic rings. The number of carbonyl (C=O) groups is 2. The summed E-state index contributed by atoms with van der Waals surface area (Å²) in [6.45, 7) is 9.30. The molecule has 0 saturated carbocycles. The maximum absolute atomic E-state index is 13.4. The Kier molecular flexibility index (Phi) is 16.8. The van der Waals surface area contributed by atoms with Crippen molar-refractivity contribution >= 4 is 58.2 Å². The first-order chi connectivity index (χ1) is 33.7. The highest BCUT2D eigenvalue weighted by Gasteiger charge is 2.40. The zero-order valence-electron chi connectivity index (χ0n) is 39.2. The third kappa shape index (κ3) is 12.3. The van der Waals surface area contributed by atoms with Crippen LogP contribution in [-0.4, -0.2) is 96.9 Å². The number of hydrogen-bond acceptors (Lipinski definition) is 4. The van der Waals surface area contributed by atoms with E-state index in [-0.39, 0.29) is 11.8 Å². The van der Waals surface area contributed by atoms with Gasteiger partial charge in [0.05, 0.1) is 26.2 Å². The van der Waals surface area contributed by atoms with Crippen molar-refractivity contribution in [2.75, 3.05) is 65.4 Å². The minimum atomic E-state index is -0.0678. The molecule has 0 spiro atoms. The van der Waals surface area contributed by atoms with Gasteiger partial charge in [-0.2, -0.15) is 0 Å². The van der Waals surface area contributed by atoms with Gasteiger partial charge >= 0.3 is 0 Å². The van der Waals surface area contributed by atoms with Crippen molar-refractivity contribution in [2.24, 2.45) is 17.8 Å². The Morgan fingerprint density at radius 3 is 1.57 bits per heavy atom. The molecule has 6 nitrogen and oxygen atoms in total. The number of hydrogen-bond donors (Lipinski definition) is 0. The summed E-state index contributed by atoms with van der Waals surface area (Å²) in [6, 6.07) is 42.8. The number of carbonyl (C=O) groups excluding carboxylic acids is 2. The van der Waals surface area contributed by atoms with E-state index in [2.05, 4.69) is 125 Å². The van der Waals surface area contributed by atoms with E-state index in [0.29, 0.717) is 79.8 Å². The molecule has 358 valence electrons. The van der Waals surface area contributed by atoms with Crippen LogP contribution in [0.3, 0.4) is 0 Å². The van der Waals surface area contributed by atoms with Crippen molar-refractivity contribution in [1.29, 1.82) is 0 Å². The highest BCUT2D eigenvalue weighted by molar-refractivity contribution is 6.39. The van der Waals surface area contributed by atoms with Crippen molar-refractivity contribution < 1.29 is 9.59 Å². The number of benzene rings is 5. The molecule has 69 heavy (non-hydrogen) atoms. The van der Waals surface area contributed by atoms with Gasteiger partial charge < -0.3 is 19.6 Å². The molecule has 0 radical (unpaired) electrons. The van der Waals surface area contributed by atoms with Crippen LogP contribution in [-0.2, 0) is 0 Å². The van der Waals surface area contributed by atoms with Gasteiger partial charge in [-0.3, -0.25) is 9.59 Å². The zero-order valence-corrected chi connectivity index (χ0v) is 42.2. The molecule has 4 fully saturated rings. The lowest BCUT2D eigenvalue weighted by atomic mass is 9.86. The van der Waals surface area contributed by atoms with Crippen LogP contribution in [0.4, 0.5) is 0 Å². The molecule has 0 aromatic heterocycles. The van der Waals surface area contributed by atoms with Crippen LogP contribution < -0.4 is 0 Å². The molecule has 5 aromatic rings. The Labute approximate surface area is 429 Å². The molecule has 2 amide bonds. The smallest absolute Gasteiger partial charge is 0.256 e. The minimum absolute atomic E-state index is 0.00399. The molecule has 4 saturated heterocycles. The molecule has 0 N–H and O–H groups in total. The molecule has 1 aliphatic carbocycles. The number of allylic oxidation sites excluding steroid dienone is 5. The fraction of sp³-hybridized carbons (Fsp3) is 0.356. The average Bonchev–Trinajstić information content (AvgIpc) is 3.89. The van der Waals surface area contributed by atoms with Crippen LogP contribution in [0, 0.1) is 17.8 Å². The van der Waals surface area contributed by atoms with Crippen LogP contribution in [0.2, 0.25) is 20.1 Å². The van der Waals surface area contributed by atoms with Gasteiger partial charge in [0.15, 0.2) is 0 Å². The van der Waals surface area contributed by atoms with Gasteiger partial charge in [0, 0.05) is 56.1 Å². The predicted molar refractivity (Wildman–Crippen MR) is 285 cm³/mol. The van der Waals surface area contributed by atoms with Crippen LogP contribution in [0.15, 0.2) is 163 Å². The molecule has 5 aromatic carbocycles. The Balaban J connectivity index is 0.000000172. The summed E-state index contributed by atoms with van der Waals surface area (Å²) >= 11 is 25.2. The molecule has 10 heteroatoms. The first-order valence-electron chi connectivity index (χ1n) is 24.8. The third-order valence-electron chi connectivity index (χ3n) is 15.2. The Hall–Kier alpha value is -4.66. The summed E-state index contributed by atoms with van der Waals surface area (Å²) in [5, 5.41) is 1.80. The van der Waals surface area contributed by atoms with E-state index in [1.54, 1.807) is 36.4 Å². The summed E-state index contributed by atoms with van der Waals surface area (Å²) < 4.78 is 0. The predicted octanol–water partition coefficient (Wildman–Crippen LogP) is 13.7. The van der Waals surface area contributed by atoms with Gasteiger partial charge in [-0.1, -0.05) is 174 Å². The maximum Gasteiger partial charge on any atom is 0.256 e. The largest absolute Gasteiger partial charge is 0.338 e. The van der Waals surface area contributed by atoms with Crippen LogP contribution in [0.25, 0.3) is 0 Å². The molecular weight excluding hydrogens is 938 g/mol. The number of halogens is 4. The SMILES string of the molecule is O=C(c1c(Cl)cccc1Cl)N1C[C@H](CN2CCC(c3ccccc3)CC2)[C@@H](c2ccccc2)C1.O=C(c1ccc(Cl)cc1Cl)N1C[C@H](CN2CCC(c3ccccc3)CC2)[C@@H](C2=CC=CCC=C2)C1. The highest BCUT2D eigenvalue weighted by atomic mass is 35.5. The Morgan fingerprint density at radius 1 is 0.507 bits per heavy atom. The second-order valence-corrected chi connectivity index (χ2v) is 21.1. The molecule has 4 aliphatic heterocycles. The summed E-state index contributed by atoms with van der Waals surface area (Å²) in [5.74, 6) is 2.61. The van der Waals surface area contributed by atoms with E-state index in [9.17, 15) is 9.59 Å². The van der Waals surface area contributed by atoms with Crippen molar-refractivity contribution in [2.45, 2.75) is 49.9 Å². The van der Waals surface area contributed by atoms with Gasteiger partial charge in [-0.25, -0.2) is 0 Å². The van der Waals surface area contributed by atoms with E-state index in [4.69, 9.17) is 46.4 Å². The molecule has 4 heterocycles. The lowest BCUT2D eigenvalue weighted by Gasteiger charge is -2.35. The second-order valence-electron chi connectivity index (χ2n) is 19.5. The van der Waals surface area contributed by atoms with Gasteiger partial charge in [0.1, 0.15) is 0 Å². The van der Waals surface area contributed by atoms with Gasteiger partial charge in [-0.05, 0) is 135 Å². The first-order valence-corrected chi connectivity index (χ1v) is 26.3. The van der Waals surface area contributed by atoms with Crippen LogP contribution in [0.5, 0.6) is 0 Å². The fourth-order valence-electron chi connectivity index (χ4n) is 11.4. The van der Waals surface area contributed by atoms with Crippen LogP contribution in [0.1, 0.15) is 87.3 Å². The lowest BCUT2D eigenvalue weighted by Crippen LogP contribution is -2.39. The molecule has 4 atom stereocenters. The summed E-state index contributed by atoms with van der Waals surface area (Å²) in [7, 11) is 0. The summed E-state index contributed by atoms with van der Waals surface area (Å²) in [5.41, 5.74) is 6.49. The maximum atomic E-state index is 13.4. The van der Waals surface area contributed by atoms with Crippen molar-refractivity contribution in [3.8, 4) is 0 Å². The summed E-state index contributed by atoms with van der Waals surface area (Å²) in [6.07, 6.45) is 16.7. The average molecular weight is 1000 g/mol. The standard InChI is InChI=1S/C30H32Cl2N2O.C29H30Cl2N2O/c31-26-12-13-27(29(32)18-26)30(35)34-20-25(28(21-34)24-10-4-1-2-5-11-24)19-33-16-14-23(15-17-33)22-8-6-3-7-9-22;30-26-12-7-13-27(31)28(26)29(34)33-19-24(25(20-33)23-10-5-2-6-11-23)18-32-16-14-22(15-17-32)21-8-3-1-4-9-21/h1,3-13,18,23,25,28H,2,14-17,19-21H2;1-13,22,24-25H,14-20H2/t25-,28+;24-,25+/m00/s1. The minimum Gasteiger partial charge on any atom is -0.338 e. The normalized spacial score (nSPS) is 22.5. The Morgan fingerprint density at radius 2 is 1.01 bits per heavy atom. The first kappa shape index (κ1) is 49.3. The fourth-order valence-corrected chi connectivity index (χ4v) is 12.5. The van der Waals surface area contributed by atoms with Gasteiger partial charge in [0.25, 0.3) is 11.8 Å². The number of amides is 2. The number of nitrogens with zero attached hydrogens (tertiary/aromatic N) is 4. The summed E-state index contributed by atoms with van der Waals surface area (Å²) in [4.78, 5) is 36.0. The van der Waals surface area contributed by atoms with E-state index < -0.39 is 0 Å². The molecule has 10 rings (SSSR count). The number of likely N-dealkylation sites (tertiary alicyclic amines) is 4. The quantitative estimate of drug-likeness (QED) is 0.140. The van der Waals surface area contributed by atoms with Crippen molar-refractivity contribution in [1.82, 2.24) is 19.6 Å². The van der Waals surface area contributed by atoms with Crippen molar-refractivity contribution in [3.05, 3.63) is 211 Å². The zero-order chi connectivity index (χ0) is 47.7. The van der Waals surface area contributed by atoms with Gasteiger partial charge in [0.2, 0.25) is 0 Å².